The molecule has 4 nitrogen and oxygen atoms in total. The molecule has 3 rings (SSSR count). The van der Waals surface area contributed by atoms with Crippen molar-refractivity contribution in [3.8, 4) is 0 Å². The summed E-state index contributed by atoms with van der Waals surface area (Å²) in [6.07, 6.45) is 5.51. The standard InChI is InChI=1S/C17H22N2O2/c1-18(12-16(20)19-9-2-3-10-19)17(21)15-8-7-13-5-4-6-14(13)11-15/h7-8,11H,2-6,9-10,12H2,1H3. The van der Waals surface area contributed by atoms with Gasteiger partial charge in [-0.05, 0) is 55.4 Å². The van der Waals surface area contributed by atoms with Gasteiger partial charge in [-0.1, -0.05) is 6.07 Å². The van der Waals surface area contributed by atoms with Crippen LogP contribution in [0.25, 0.3) is 0 Å². The number of carbonyl (C=O) groups is 2. The Hall–Kier alpha value is -1.84. The number of fused-ring (bicyclic) bond motifs is 1. The number of likely N-dealkylation sites (N-methyl/N-ethyl adjacent to an activating group) is 1. The third kappa shape index (κ3) is 2.94. The summed E-state index contributed by atoms with van der Waals surface area (Å²) in [5.74, 6) is 0.00163. The van der Waals surface area contributed by atoms with Crippen molar-refractivity contribution >= 4 is 11.8 Å². The fraction of sp³-hybridized carbons (Fsp3) is 0.529. The zero-order valence-electron chi connectivity index (χ0n) is 12.6. The van der Waals surface area contributed by atoms with E-state index in [2.05, 4.69) is 6.07 Å². The summed E-state index contributed by atoms with van der Waals surface area (Å²) in [6.45, 7) is 1.84. The first-order chi connectivity index (χ1) is 10.1. The van der Waals surface area contributed by atoms with E-state index in [1.165, 1.54) is 22.4 Å². The van der Waals surface area contributed by atoms with Crippen LogP contribution in [0, 0.1) is 0 Å². The lowest BCUT2D eigenvalue weighted by molar-refractivity contribution is -0.130. The fourth-order valence-corrected chi connectivity index (χ4v) is 3.27. The molecule has 0 radical (unpaired) electrons. The van der Waals surface area contributed by atoms with Crippen LogP contribution in [0.15, 0.2) is 18.2 Å². The SMILES string of the molecule is CN(CC(=O)N1CCCC1)C(=O)c1ccc2c(c1)CCC2. The molecule has 112 valence electrons. The monoisotopic (exact) mass is 286 g/mol. The van der Waals surface area contributed by atoms with Crippen molar-refractivity contribution in [2.24, 2.45) is 0 Å². The number of nitrogens with zero attached hydrogens (tertiary/aromatic N) is 2. The molecule has 4 heteroatoms. The molecule has 1 heterocycles. The molecule has 0 aromatic heterocycles. The number of benzene rings is 1. The molecule has 1 fully saturated rings. The smallest absolute Gasteiger partial charge is 0.254 e. The number of likely N-dealkylation sites (tertiary alicyclic amines) is 1. The van der Waals surface area contributed by atoms with Gasteiger partial charge in [0.05, 0.1) is 6.54 Å². The largest absolute Gasteiger partial charge is 0.341 e. The maximum atomic E-state index is 12.5. The lowest BCUT2D eigenvalue weighted by atomic mass is 10.1. The van der Waals surface area contributed by atoms with Crippen LogP contribution in [0.1, 0.15) is 40.7 Å². The second-order valence-electron chi connectivity index (χ2n) is 6.09. The quantitative estimate of drug-likeness (QED) is 0.851. The topological polar surface area (TPSA) is 40.6 Å². The lowest BCUT2D eigenvalue weighted by Crippen LogP contribution is -2.39. The highest BCUT2D eigenvalue weighted by Gasteiger charge is 2.22. The second kappa shape index (κ2) is 5.88. The maximum Gasteiger partial charge on any atom is 0.254 e. The van der Waals surface area contributed by atoms with Gasteiger partial charge in [0.1, 0.15) is 0 Å². The normalized spacial score (nSPS) is 16.9. The third-order valence-corrected chi connectivity index (χ3v) is 4.52. The highest BCUT2D eigenvalue weighted by molar-refractivity contribution is 5.96. The van der Waals surface area contributed by atoms with Crippen molar-refractivity contribution in [2.45, 2.75) is 32.1 Å². The van der Waals surface area contributed by atoms with Crippen LogP contribution in [-0.2, 0) is 17.6 Å². The van der Waals surface area contributed by atoms with Crippen LogP contribution >= 0.6 is 0 Å². The van der Waals surface area contributed by atoms with Crippen LogP contribution < -0.4 is 0 Å². The van der Waals surface area contributed by atoms with Crippen LogP contribution in [0.3, 0.4) is 0 Å². The van der Waals surface area contributed by atoms with Crippen molar-refractivity contribution in [1.82, 2.24) is 9.80 Å². The zero-order valence-corrected chi connectivity index (χ0v) is 12.6. The molecule has 1 aromatic rings. The van der Waals surface area contributed by atoms with Gasteiger partial charge in [0, 0.05) is 25.7 Å². The van der Waals surface area contributed by atoms with Crippen LogP contribution in [0.4, 0.5) is 0 Å². The van der Waals surface area contributed by atoms with Crippen molar-refractivity contribution in [1.29, 1.82) is 0 Å². The predicted octanol–water partition coefficient (Wildman–Crippen LogP) is 1.87. The Kier molecular flexibility index (Phi) is 3.95. The number of amides is 2. The highest BCUT2D eigenvalue weighted by atomic mass is 16.2. The Morgan fingerprint density at radius 1 is 1.10 bits per heavy atom. The van der Waals surface area contributed by atoms with Gasteiger partial charge in [-0.25, -0.2) is 0 Å². The molecule has 0 N–H and O–H groups in total. The van der Waals surface area contributed by atoms with Gasteiger partial charge in [0.2, 0.25) is 5.91 Å². The average Bonchev–Trinajstić information content (AvgIpc) is 3.16. The second-order valence-corrected chi connectivity index (χ2v) is 6.09. The van der Waals surface area contributed by atoms with E-state index in [9.17, 15) is 9.59 Å². The molecule has 2 amide bonds. The van der Waals surface area contributed by atoms with Crippen LogP contribution in [-0.4, -0.2) is 48.3 Å². The van der Waals surface area contributed by atoms with Crippen LogP contribution in [0.5, 0.6) is 0 Å². The summed E-state index contributed by atoms with van der Waals surface area (Å²) in [5, 5.41) is 0. The lowest BCUT2D eigenvalue weighted by Gasteiger charge is -2.21. The fourth-order valence-electron chi connectivity index (χ4n) is 3.27. The molecule has 21 heavy (non-hydrogen) atoms. The number of rotatable bonds is 3. The van der Waals surface area contributed by atoms with Crippen molar-refractivity contribution in [2.75, 3.05) is 26.7 Å². The summed E-state index contributed by atoms with van der Waals surface area (Å²) in [6, 6.07) is 5.95. The number of carbonyl (C=O) groups excluding carboxylic acids is 2. The maximum absolute atomic E-state index is 12.5. The van der Waals surface area contributed by atoms with E-state index in [0.717, 1.165) is 38.8 Å². The number of hydrogen-bond acceptors (Lipinski definition) is 2. The third-order valence-electron chi connectivity index (χ3n) is 4.52. The first kappa shape index (κ1) is 14.1. The Morgan fingerprint density at radius 2 is 1.81 bits per heavy atom. The molecular formula is C17H22N2O2. The summed E-state index contributed by atoms with van der Waals surface area (Å²) in [5.41, 5.74) is 3.36. The van der Waals surface area contributed by atoms with Gasteiger partial charge in [-0.2, -0.15) is 0 Å². The van der Waals surface area contributed by atoms with Crippen LogP contribution in [0.2, 0.25) is 0 Å². The van der Waals surface area contributed by atoms with E-state index in [4.69, 9.17) is 0 Å². The molecule has 1 aromatic carbocycles. The first-order valence-corrected chi connectivity index (χ1v) is 7.80. The number of hydrogen-bond donors (Lipinski definition) is 0. The van der Waals surface area contributed by atoms with E-state index in [0.29, 0.717) is 5.56 Å². The molecule has 1 aliphatic carbocycles. The minimum absolute atomic E-state index is 0.0581. The van der Waals surface area contributed by atoms with Gasteiger partial charge in [-0.15, -0.1) is 0 Å². The molecule has 1 aliphatic heterocycles. The Labute approximate surface area is 125 Å². The Bertz CT molecular complexity index is 562. The van der Waals surface area contributed by atoms with Gasteiger partial charge in [0.15, 0.2) is 0 Å². The molecule has 0 bridgehead atoms. The summed E-state index contributed by atoms with van der Waals surface area (Å²) < 4.78 is 0. The summed E-state index contributed by atoms with van der Waals surface area (Å²) in [7, 11) is 1.71. The van der Waals surface area contributed by atoms with E-state index in [1.807, 2.05) is 17.0 Å². The molecule has 1 saturated heterocycles. The Morgan fingerprint density at radius 3 is 2.57 bits per heavy atom. The molecule has 0 saturated carbocycles. The molecular weight excluding hydrogens is 264 g/mol. The summed E-state index contributed by atoms with van der Waals surface area (Å²) >= 11 is 0. The zero-order chi connectivity index (χ0) is 14.8. The molecule has 0 unspecified atom stereocenters. The van der Waals surface area contributed by atoms with Crippen molar-refractivity contribution in [3.05, 3.63) is 34.9 Å². The van der Waals surface area contributed by atoms with E-state index in [-0.39, 0.29) is 18.4 Å². The van der Waals surface area contributed by atoms with E-state index < -0.39 is 0 Å². The molecule has 0 atom stereocenters. The van der Waals surface area contributed by atoms with Crippen molar-refractivity contribution < 1.29 is 9.59 Å². The Balaban J connectivity index is 1.65. The minimum atomic E-state index is -0.0581. The first-order valence-electron chi connectivity index (χ1n) is 7.80. The van der Waals surface area contributed by atoms with Gasteiger partial charge in [0.25, 0.3) is 5.91 Å². The summed E-state index contributed by atoms with van der Waals surface area (Å²) in [4.78, 5) is 28.0. The highest BCUT2D eigenvalue weighted by Crippen LogP contribution is 2.23. The van der Waals surface area contributed by atoms with E-state index in [1.54, 1.807) is 7.05 Å². The predicted molar refractivity (Wildman–Crippen MR) is 81.2 cm³/mol. The van der Waals surface area contributed by atoms with Gasteiger partial charge >= 0.3 is 0 Å². The average molecular weight is 286 g/mol. The van der Waals surface area contributed by atoms with Gasteiger partial charge in [-0.3, -0.25) is 9.59 Å². The molecule has 0 spiro atoms. The van der Waals surface area contributed by atoms with Gasteiger partial charge < -0.3 is 9.80 Å². The number of aryl methyl sites for hydroxylation is 2. The molecule has 2 aliphatic rings. The van der Waals surface area contributed by atoms with Crippen molar-refractivity contribution in [3.63, 3.8) is 0 Å². The minimum Gasteiger partial charge on any atom is -0.341 e. The van der Waals surface area contributed by atoms with E-state index >= 15 is 0 Å².